The van der Waals surface area contributed by atoms with Crippen molar-refractivity contribution < 1.29 is 18.0 Å². The summed E-state index contributed by atoms with van der Waals surface area (Å²) < 4.78 is 37.4. The fourth-order valence-electron chi connectivity index (χ4n) is 1.98. The second-order valence-corrected chi connectivity index (χ2v) is 5.14. The Bertz CT molecular complexity index is 457. The van der Waals surface area contributed by atoms with Gasteiger partial charge in [-0.3, -0.25) is 4.79 Å². The van der Waals surface area contributed by atoms with Gasteiger partial charge in [0.2, 0.25) is 5.91 Å². The summed E-state index contributed by atoms with van der Waals surface area (Å²) in [6, 6.07) is 4.24. The minimum absolute atomic E-state index is 0.191. The largest absolute Gasteiger partial charge is 0.416 e. The first kappa shape index (κ1) is 17.5. The number of hydrogen-bond donors (Lipinski definition) is 1. The van der Waals surface area contributed by atoms with Crippen molar-refractivity contribution in [2.24, 2.45) is 5.73 Å². The fourth-order valence-corrected chi connectivity index (χ4v) is 1.98. The highest BCUT2D eigenvalue weighted by atomic mass is 19.4. The number of halogens is 3. The van der Waals surface area contributed by atoms with E-state index in [0.29, 0.717) is 12.0 Å². The molecule has 6 heteroatoms. The highest BCUT2D eigenvalue weighted by Gasteiger charge is 2.30. The van der Waals surface area contributed by atoms with Gasteiger partial charge in [0, 0.05) is 13.6 Å². The van der Waals surface area contributed by atoms with Crippen LogP contribution < -0.4 is 5.73 Å². The van der Waals surface area contributed by atoms with E-state index in [1.54, 1.807) is 7.05 Å². The maximum absolute atomic E-state index is 12.5. The Hall–Kier alpha value is -1.56. The van der Waals surface area contributed by atoms with Gasteiger partial charge in [-0.25, -0.2) is 0 Å². The molecule has 3 nitrogen and oxygen atoms in total. The molecule has 0 aromatic heterocycles. The number of benzene rings is 1. The Balaban J connectivity index is 2.62. The molecule has 118 valence electrons. The fraction of sp³-hybridized carbons (Fsp3) is 0.533. The molecule has 0 bridgehead atoms. The standard InChI is InChI=1S/C15H21F3N2O/c1-3-4-5-13(19)14(21)20(2)10-11-6-8-12(9-7-11)15(16,17)18/h6-9,13H,3-5,10,19H2,1-2H3. The maximum atomic E-state index is 12.5. The number of unbranched alkanes of at least 4 members (excludes halogenated alkanes) is 1. The van der Waals surface area contributed by atoms with E-state index in [0.717, 1.165) is 25.0 Å². The van der Waals surface area contributed by atoms with Crippen LogP contribution in [0.5, 0.6) is 0 Å². The summed E-state index contributed by atoms with van der Waals surface area (Å²) in [5.41, 5.74) is 5.74. The SMILES string of the molecule is CCCCC(N)C(=O)N(C)Cc1ccc(C(F)(F)F)cc1. The number of nitrogens with zero attached hydrogens (tertiary/aromatic N) is 1. The van der Waals surface area contributed by atoms with Crippen molar-refractivity contribution in [3.8, 4) is 0 Å². The van der Waals surface area contributed by atoms with Crippen LogP contribution in [0.4, 0.5) is 13.2 Å². The first-order valence-electron chi connectivity index (χ1n) is 6.92. The molecule has 2 N–H and O–H groups in total. The number of rotatable bonds is 6. The molecule has 1 rings (SSSR count). The summed E-state index contributed by atoms with van der Waals surface area (Å²) in [5, 5.41) is 0. The van der Waals surface area contributed by atoms with Gasteiger partial charge in [0.25, 0.3) is 0 Å². The molecular weight excluding hydrogens is 281 g/mol. The molecule has 0 fully saturated rings. The molecule has 0 saturated heterocycles. The van der Waals surface area contributed by atoms with Crippen molar-refractivity contribution >= 4 is 5.91 Å². The Kier molecular flexibility index (Phi) is 6.20. The van der Waals surface area contributed by atoms with Crippen molar-refractivity contribution in [3.63, 3.8) is 0 Å². The van der Waals surface area contributed by atoms with Gasteiger partial charge in [-0.15, -0.1) is 0 Å². The highest BCUT2D eigenvalue weighted by molar-refractivity contribution is 5.81. The van der Waals surface area contributed by atoms with E-state index in [4.69, 9.17) is 5.73 Å². The molecule has 0 spiro atoms. The normalized spacial score (nSPS) is 13.0. The lowest BCUT2D eigenvalue weighted by Gasteiger charge is -2.21. The van der Waals surface area contributed by atoms with Crippen molar-refractivity contribution in [1.82, 2.24) is 4.90 Å². The third-order valence-electron chi connectivity index (χ3n) is 3.26. The molecule has 0 saturated carbocycles. The van der Waals surface area contributed by atoms with Gasteiger partial charge in [0.1, 0.15) is 0 Å². The van der Waals surface area contributed by atoms with Crippen LogP contribution >= 0.6 is 0 Å². The Morgan fingerprint density at radius 1 is 1.29 bits per heavy atom. The van der Waals surface area contributed by atoms with E-state index in [2.05, 4.69) is 0 Å². The van der Waals surface area contributed by atoms with E-state index in [1.807, 2.05) is 6.92 Å². The minimum Gasteiger partial charge on any atom is -0.340 e. The predicted molar refractivity (Wildman–Crippen MR) is 75.4 cm³/mol. The smallest absolute Gasteiger partial charge is 0.340 e. The highest BCUT2D eigenvalue weighted by Crippen LogP contribution is 2.29. The van der Waals surface area contributed by atoms with Gasteiger partial charge >= 0.3 is 6.18 Å². The molecule has 0 heterocycles. The van der Waals surface area contributed by atoms with Crippen LogP contribution in [0.2, 0.25) is 0 Å². The van der Waals surface area contributed by atoms with Crippen LogP contribution in [0, 0.1) is 0 Å². The number of nitrogens with two attached hydrogens (primary N) is 1. The average Bonchev–Trinajstić information content (AvgIpc) is 2.43. The first-order valence-corrected chi connectivity index (χ1v) is 6.92. The van der Waals surface area contributed by atoms with Gasteiger partial charge in [0.05, 0.1) is 11.6 Å². The monoisotopic (exact) mass is 302 g/mol. The molecule has 1 unspecified atom stereocenters. The Labute approximate surface area is 122 Å². The van der Waals surface area contributed by atoms with Gasteiger partial charge in [-0.1, -0.05) is 31.9 Å². The quantitative estimate of drug-likeness (QED) is 0.877. The third kappa shape index (κ3) is 5.38. The molecule has 0 aliphatic heterocycles. The third-order valence-corrected chi connectivity index (χ3v) is 3.26. The van der Waals surface area contributed by atoms with Crippen molar-refractivity contribution in [3.05, 3.63) is 35.4 Å². The predicted octanol–water partition coefficient (Wildman–Crippen LogP) is 3.18. The Morgan fingerprint density at radius 2 is 1.86 bits per heavy atom. The summed E-state index contributed by atoms with van der Waals surface area (Å²) in [6.45, 7) is 2.26. The number of alkyl halides is 3. The summed E-state index contributed by atoms with van der Waals surface area (Å²) in [6.07, 6.45) is -1.89. The topological polar surface area (TPSA) is 46.3 Å². The molecule has 0 aliphatic rings. The second kappa shape index (κ2) is 7.45. The molecule has 0 aliphatic carbocycles. The molecule has 1 amide bonds. The molecule has 1 aromatic carbocycles. The minimum atomic E-state index is -4.34. The number of likely N-dealkylation sites (N-methyl/N-ethyl adjacent to an activating group) is 1. The zero-order valence-electron chi connectivity index (χ0n) is 12.3. The van der Waals surface area contributed by atoms with Crippen LogP contribution in [0.3, 0.4) is 0 Å². The van der Waals surface area contributed by atoms with Gasteiger partial charge in [-0.2, -0.15) is 13.2 Å². The van der Waals surface area contributed by atoms with E-state index in [9.17, 15) is 18.0 Å². The lowest BCUT2D eigenvalue weighted by atomic mass is 10.1. The van der Waals surface area contributed by atoms with Gasteiger partial charge in [-0.05, 0) is 24.1 Å². The summed E-state index contributed by atoms with van der Waals surface area (Å²) in [5.74, 6) is -0.191. The van der Waals surface area contributed by atoms with Crippen LogP contribution in [-0.2, 0) is 17.5 Å². The number of amides is 1. The lowest BCUT2D eigenvalue weighted by Crippen LogP contribution is -2.41. The van der Waals surface area contributed by atoms with Crippen molar-refractivity contribution in [1.29, 1.82) is 0 Å². The van der Waals surface area contributed by atoms with Crippen molar-refractivity contribution in [2.45, 2.75) is 44.9 Å². The first-order chi connectivity index (χ1) is 9.75. The molecule has 0 radical (unpaired) electrons. The van der Waals surface area contributed by atoms with E-state index < -0.39 is 17.8 Å². The summed E-state index contributed by atoms with van der Waals surface area (Å²) >= 11 is 0. The zero-order valence-corrected chi connectivity index (χ0v) is 12.3. The zero-order chi connectivity index (χ0) is 16.0. The molecule has 1 aromatic rings. The van der Waals surface area contributed by atoms with Crippen LogP contribution in [0.25, 0.3) is 0 Å². The van der Waals surface area contributed by atoms with Gasteiger partial charge in [0.15, 0.2) is 0 Å². The van der Waals surface area contributed by atoms with Crippen LogP contribution in [0.15, 0.2) is 24.3 Å². The van der Waals surface area contributed by atoms with E-state index >= 15 is 0 Å². The number of carbonyl (C=O) groups is 1. The molecule has 21 heavy (non-hydrogen) atoms. The maximum Gasteiger partial charge on any atom is 0.416 e. The Morgan fingerprint density at radius 3 is 2.33 bits per heavy atom. The number of carbonyl (C=O) groups excluding carboxylic acids is 1. The molecular formula is C15H21F3N2O. The molecule has 1 atom stereocenters. The summed E-state index contributed by atoms with van der Waals surface area (Å²) in [4.78, 5) is 13.4. The van der Waals surface area contributed by atoms with E-state index in [1.165, 1.54) is 17.0 Å². The second-order valence-electron chi connectivity index (χ2n) is 5.14. The lowest BCUT2D eigenvalue weighted by molar-refractivity contribution is -0.137. The van der Waals surface area contributed by atoms with Crippen LogP contribution in [-0.4, -0.2) is 23.9 Å². The number of hydrogen-bond acceptors (Lipinski definition) is 2. The van der Waals surface area contributed by atoms with Gasteiger partial charge < -0.3 is 10.6 Å². The average molecular weight is 302 g/mol. The van der Waals surface area contributed by atoms with Crippen LogP contribution in [0.1, 0.15) is 37.3 Å². The van der Waals surface area contributed by atoms with Crippen molar-refractivity contribution in [2.75, 3.05) is 7.05 Å². The van der Waals surface area contributed by atoms with E-state index in [-0.39, 0.29) is 12.5 Å². The summed E-state index contributed by atoms with van der Waals surface area (Å²) in [7, 11) is 1.60.